The molecule has 1 aromatic carbocycles. The smallest absolute Gasteiger partial charge is 0.347 e. The Morgan fingerprint density at radius 2 is 2.25 bits per heavy atom. The van der Waals surface area contributed by atoms with Crippen LogP contribution in [0.2, 0.25) is 0 Å². The summed E-state index contributed by atoms with van der Waals surface area (Å²) in [6.07, 6.45) is 0. The SMILES string of the molecule is CC(C)c1nc(CSc2cccc(Br)c2)sc1C(=O)O. The number of hydrogen-bond acceptors (Lipinski definition) is 4. The van der Waals surface area contributed by atoms with Crippen molar-refractivity contribution in [2.75, 3.05) is 0 Å². The van der Waals surface area contributed by atoms with Gasteiger partial charge in [-0.25, -0.2) is 9.78 Å². The van der Waals surface area contributed by atoms with Crippen molar-refractivity contribution in [2.45, 2.75) is 30.4 Å². The Labute approximate surface area is 134 Å². The lowest BCUT2D eigenvalue weighted by Gasteiger charge is -2.01. The van der Waals surface area contributed by atoms with Crippen LogP contribution < -0.4 is 0 Å². The van der Waals surface area contributed by atoms with E-state index in [-0.39, 0.29) is 5.92 Å². The second kappa shape index (κ2) is 6.74. The molecule has 0 saturated heterocycles. The second-order valence-electron chi connectivity index (χ2n) is 4.53. The molecule has 20 heavy (non-hydrogen) atoms. The van der Waals surface area contributed by atoms with Crippen LogP contribution >= 0.6 is 39.0 Å². The van der Waals surface area contributed by atoms with E-state index in [4.69, 9.17) is 0 Å². The Morgan fingerprint density at radius 3 is 2.80 bits per heavy atom. The number of aromatic nitrogens is 1. The van der Waals surface area contributed by atoms with E-state index in [2.05, 4.69) is 20.9 Å². The number of nitrogens with zero attached hydrogens (tertiary/aromatic N) is 1. The molecule has 0 atom stereocenters. The van der Waals surface area contributed by atoms with Gasteiger partial charge in [0.2, 0.25) is 0 Å². The fraction of sp³-hybridized carbons (Fsp3) is 0.286. The second-order valence-corrected chi connectivity index (χ2v) is 7.58. The molecule has 106 valence electrons. The van der Waals surface area contributed by atoms with Crippen molar-refractivity contribution < 1.29 is 9.90 Å². The molecule has 0 unspecified atom stereocenters. The minimum absolute atomic E-state index is 0.127. The largest absolute Gasteiger partial charge is 0.477 e. The van der Waals surface area contributed by atoms with Crippen LogP contribution in [-0.2, 0) is 5.75 Å². The summed E-state index contributed by atoms with van der Waals surface area (Å²) in [5.74, 6) is -0.0689. The summed E-state index contributed by atoms with van der Waals surface area (Å²) in [5.41, 5.74) is 0.687. The van der Waals surface area contributed by atoms with Crippen LogP contribution in [0.15, 0.2) is 33.6 Å². The highest BCUT2D eigenvalue weighted by Gasteiger charge is 2.19. The average molecular weight is 372 g/mol. The number of halogens is 1. The number of rotatable bonds is 5. The van der Waals surface area contributed by atoms with E-state index in [1.165, 1.54) is 11.3 Å². The quantitative estimate of drug-likeness (QED) is 0.749. The van der Waals surface area contributed by atoms with Crippen molar-refractivity contribution in [3.8, 4) is 0 Å². The maximum absolute atomic E-state index is 11.2. The zero-order valence-electron chi connectivity index (χ0n) is 11.1. The molecule has 0 radical (unpaired) electrons. The molecule has 0 aliphatic rings. The average Bonchev–Trinajstić information content (AvgIpc) is 2.81. The van der Waals surface area contributed by atoms with Crippen molar-refractivity contribution in [3.63, 3.8) is 0 Å². The molecule has 0 spiro atoms. The molecule has 2 aromatic rings. The standard InChI is InChI=1S/C14H14BrNO2S2/c1-8(2)12-13(14(17)18)20-11(16-12)7-19-10-5-3-4-9(15)6-10/h3-6,8H,7H2,1-2H3,(H,17,18). The third-order valence-corrected chi connectivity index (χ3v) is 5.34. The summed E-state index contributed by atoms with van der Waals surface area (Å²) < 4.78 is 1.04. The predicted molar refractivity (Wildman–Crippen MR) is 86.9 cm³/mol. The van der Waals surface area contributed by atoms with Gasteiger partial charge in [0, 0.05) is 9.37 Å². The monoisotopic (exact) mass is 371 g/mol. The number of thioether (sulfide) groups is 1. The number of benzene rings is 1. The lowest BCUT2D eigenvalue weighted by atomic mass is 10.1. The van der Waals surface area contributed by atoms with Gasteiger partial charge >= 0.3 is 5.97 Å². The van der Waals surface area contributed by atoms with Crippen molar-refractivity contribution in [1.29, 1.82) is 0 Å². The maximum Gasteiger partial charge on any atom is 0.347 e. The van der Waals surface area contributed by atoms with E-state index in [0.29, 0.717) is 16.3 Å². The van der Waals surface area contributed by atoms with E-state index in [1.807, 2.05) is 38.1 Å². The molecule has 0 bridgehead atoms. The first kappa shape index (κ1) is 15.5. The van der Waals surface area contributed by atoms with Crippen LogP contribution in [0.5, 0.6) is 0 Å². The van der Waals surface area contributed by atoms with Crippen LogP contribution in [0.4, 0.5) is 0 Å². The van der Waals surface area contributed by atoms with Crippen LogP contribution in [0, 0.1) is 0 Å². The zero-order chi connectivity index (χ0) is 14.7. The topological polar surface area (TPSA) is 50.2 Å². The highest BCUT2D eigenvalue weighted by molar-refractivity contribution is 9.10. The minimum atomic E-state index is -0.884. The fourth-order valence-electron chi connectivity index (χ4n) is 1.69. The molecule has 6 heteroatoms. The summed E-state index contributed by atoms with van der Waals surface area (Å²) in [6, 6.07) is 8.04. The lowest BCUT2D eigenvalue weighted by Crippen LogP contribution is -2.00. The van der Waals surface area contributed by atoms with Gasteiger partial charge in [-0.2, -0.15) is 0 Å². The van der Waals surface area contributed by atoms with Crippen molar-refractivity contribution in [1.82, 2.24) is 4.98 Å². The van der Waals surface area contributed by atoms with Gasteiger partial charge in [-0.1, -0.05) is 35.8 Å². The first-order valence-corrected chi connectivity index (χ1v) is 8.68. The molecule has 0 fully saturated rings. The zero-order valence-corrected chi connectivity index (χ0v) is 14.3. The number of thiazole rings is 1. The summed E-state index contributed by atoms with van der Waals surface area (Å²) in [6.45, 7) is 3.93. The fourth-order valence-corrected chi connectivity index (χ4v) is 4.24. The molecule has 3 nitrogen and oxygen atoms in total. The molecule has 2 rings (SSSR count). The molecule has 1 aromatic heterocycles. The number of carboxylic acid groups (broad SMARTS) is 1. The minimum Gasteiger partial charge on any atom is -0.477 e. The summed E-state index contributed by atoms with van der Waals surface area (Å²) in [5, 5.41) is 10.1. The third kappa shape index (κ3) is 3.84. The Hall–Kier alpha value is -0.850. The van der Waals surface area contributed by atoms with Gasteiger partial charge in [-0.15, -0.1) is 23.1 Å². The Bertz CT molecular complexity index is 625. The van der Waals surface area contributed by atoms with Gasteiger partial charge < -0.3 is 5.11 Å². The molecular formula is C14H14BrNO2S2. The molecule has 0 saturated carbocycles. The first-order valence-electron chi connectivity index (χ1n) is 6.08. The molecule has 1 N–H and O–H groups in total. The summed E-state index contributed by atoms with van der Waals surface area (Å²) in [4.78, 5) is 17.2. The highest BCUT2D eigenvalue weighted by Crippen LogP contribution is 2.30. The Morgan fingerprint density at radius 1 is 1.50 bits per heavy atom. The van der Waals surface area contributed by atoms with Crippen LogP contribution in [0.3, 0.4) is 0 Å². The van der Waals surface area contributed by atoms with E-state index in [0.717, 1.165) is 14.4 Å². The maximum atomic E-state index is 11.2. The predicted octanol–water partition coefficient (Wildman–Crippen LogP) is 5.02. The number of aromatic carboxylic acids is 1. The van der Waals surface area contributed by atoms with Crippen LogP contribution in [-0.4, -0.2) is 16.1 Å². The van der Waals surface area contributed by atoms with Crippen LogP contribution in [0.1, 0.15) is 40.1 Å². The molecule has 0 amide bonds. The summed E-state index contributed by atoms with van der Waals surface area (Å²) >= 11 is 6.37. The van der Waals surface area contributed by atoms with Gasteiger partial charge in [-0.05, 0) is 24.1 Å². The van der Waals surface area contributed by atoms with Crippen molar-refractivity contribution in [3.05, 3.63) is 44.3 Å². The van der Waals surface area contributed by atoms with Gasteiger partial charge in [0.1, 0.15) is 9.88 Å². The Balaban J connectivity index is 2.14. The van der Waals surface area contributed by atoms with Gasteiger partial charge in [0.15, 0.2) is 0 Å². The van der Waals surface area contributed by atoms with E-state index in [9.17, 15) is 9.90 Å². The van der Waals surface area contributed by atoms with Gasteiger partial charge in [-0.3, -0.25) is 0 Å². The normalized spacial score (nSPS) is 11.0. The molecule has 0 aliphatic carbocycles. The van der Waals surface area contributed by atoms with Gasteiger partial charge in [0.05, 0.1) is 11.4 Å². The van der Waals surface area contributed by atoms with Gasteiger partial charge in [0.25, 0.3) is 0 Å². The molecular weight excluding hydrogens is 358 g/mol. The van der Waals surface area contributed by atoms with Crippen molar-refractivity contribution >= 4 is 45.0 Å². The molecule has 1 heterocycles. The third-order valence-electron chi connectivity index (χ3n) is 2.60. The lowest BCUT2D eigenvalue weighted by molar-refractivity contribution is 0.0700. The number of carbonyl (C=O) groups is 1. The van der Waals surface area contributed by atoms with Crippen LogP contribution in [0.25, 0.3) is 0 Å². The summed E-state index contributed by atoms with van der Waals surface area (Å²) in [7, 11) is 0. The van der Waals surface area contributed by atoms with E-state index >= 15 is 0 Å². The number of hydrogen-bond donors (Lipinski definition) is 1. The van der Waals surface area contributed by atoms with Crippen molar-refractivity contribution in [2.24, 2.45) is 0 Å². The van der Waals surface area contributed by atoms with E-state index < -0.39 is 5.97 Å². The van der Waals surface area contributed by atoms with E-state index in [1.54, 1.807) is 11.8 Å². The number of carboxylic acids is 1. The first-order chi connectivity index (χ1) is 9.47. The Kier molecular flexibility index (Phi) is 5.23. The molecule has 0 aliphatic heterocycles. The highest BCUT2D eigenvalue weighted by atomic mass is 79.9.